The first kappa shape index (κ1) is 11.0. The van der Waals surface area contributed by atoms with Gasteiger partial charge >= 0.3 is 0 Å². The van der Waals surface area contributed by atoms with Crippen molar-refractivity contribution in [2.24, 2.45) is 0 Å². The number of thioether (sulfide) groups is 1. The fourth-order valence-corrected chi connectivity index (χ4v) is 3.27. The summed E-state index contributed by atoms with van der Waals surface area (Å²) < 4.78 is 0.979. The minimum atomic E-state index is -0.00465. The molecule has 3 nitrogen and oxygen atoms in total. The highest BCUT2D eigenvalue weighted by Gasteiger charge is 2.17. The average molecular weight is 309 g/mol. The maximum Gasteiger partial charge on any atom is 0.255 e. The number of rotatable bonds is 1. The fraction of sp³-hybridized carbons (Fsp3) is 0.167. The van der Waals surface area contributed by atoms with Crippen LogP contribution in [0.25, 0.3) is 11.4 Å². The van der Waals surface area contributed by atoms with Gasteiger partial charge in [-0.2, -0.15) is 11.8 Å². The quantitative estimate of drug-likeness (QED) is 0.881. The Morgan fingerprint density at radius 2 is 2.24 bits per heavy atom. The molecule has 1 aromatic heterocycles. The Balaban J connectivity index is 2.16. The molecule has 0 saturated carbocycles. The lowest BCUT2D eigenvalue weighted by molar-refractivity contribution is 1.03. The molecule has 17 heavy (non-hydrogen) atoms. The average Bonchev–Trinajstić information content (AvgIpc) is 2.77. The smallest absolute Gasteiger partial charge is 0.255 e. The maximum absolute atomic E-state index is 11.9. The monoisotopic (exact) mass is 308 g/mol. The van der Waals surface area contributed by atoms with E-state index in [4.69, 9.17) is 0 Å². The second kappa shape index (κ2) is 4.31. The number of halogens is 1. The molecule has 0 amide bonds. The first-order chi connectivity index (χ1) is 8.24. The molecule has 0 spiro atoms. The molecule has 3 rings (SSSR count). The number of nitrogens with one attached hydrogen (secondary N) is 1. The number of H-pyrrole nitrogens is 1. The normalized spacial score (nSPS) is 13.7. The lowest BCUT2D eigenvalue weighted by atomic mass is 10.2. The number of hydrogen-bond donors (Lipinski definition) is 1. The van der Waals surface area contributed by atoms with Crippen molar-refractivity contribution in [3.05, 3.63) is 50.3 Å². The molecule has 1 N–H and O–H groups in total. The molecule has 1 aromatic carbocycles. The summed E-state index contributed by atoms with van der Waals surface area (Å²) in [7, 11) is 0. The first-order valence-electron chi connectivity index (χ1n) is 5.20. The van der Waals surface area contributed by atoms with E-state index in [1.165, 1.54) is 0 Å². The van der Waals surface area contributed by atoms with Gasteiger partial charge in [-0.1, -0.05) is 28.1 Å². The zero-order valence-corrected chi connectivity index (χ0v) is 11.3. The SMILES string of the molecule is O=c1[nH]c(-c2cccc(Br)c2)nc2c1CSC2. The van der Waals surface area contributed by atoms with Crippen molar-refractivity contribution in [2.75, 3.05) is 0 Å². The van der Waals surface area contributed by atoms with E-state index >= 15 is 0 Å². The van der Waals surface area contributed by atoms with Gasteiger partial charge in [0.1, 0.15) is 5.82 Å². The number of aromatic nitrogens is 2. The van der Waals surface area contributed by atoms with Crippen molar-refractivity contribution >= 4 is 27.7 Å². The van der Waals surface area contributed by atoms with Gasteiger partial charge in [0.25, 0.3) is 5.56 Å². The van der Waals surface area contributed by atoms with Crippen molar-refractivity contribution in [1.82, 2.24) is 9.97 Å². The highest BCUT2D eigenvalue weighted by Crippen LogP contribution is 2.27. The lowest BCUT2D eigenvalue weighted by Gasteiger charge is -2.03. The molecular formula is C12H9BrN2OS. The van der Waals surface area contributed by atoms with Gasteiger partial charge in [-0.05, 0) is 12.1 Å². The van der Waals surface area contributed by atoms with Crippen LogP contribution in [0.3, 0.4) is 0 Å². The van der Waals surface area contributed by atoms with Crippen LogP contribution in [-0.4, -0.2) is 9.97 Å². The van der Waals surface area contributed by atoms with E-state index in [9.17, 15) is 4.79 Å². The summed E-state index contributed by atoms with van der Waals surface area (Å²) in [4.78, 5) is 19.2. The Bertz CT molecular complexity index is 639. The van der Waals surface area contributed by atoms with Crippen LogP contribution in [0.2, 0.25) is 0 Å². The van der Waals surface area contributed by atoms with Crippen LogP contribution in [0.5, 0.6) is 0 Å². The summed E-state index contributed by atoms with van der Waals surface area (Å²) in [6, 6.07) is 7.77. The van der Waals surface area contributed by atoms with Gasteiger partial charge in [0.2, 0.25) is 0 Å². The number of aromatic amines is 1. The van der Waals surface area contributed by atoms with Crippen LogP contribution >= 0.6 is 27.7 Å². The van der Waals surface area contributed by atoms with Crippen LogP contribution in [0.15, 0.2) is 33.5 Å². The van der Waals surface area contributed by atoms with Crippen LogP contribution in [0.4, 0.5) is 0 Å². The van der Waals surface area contributed by atoms with E-state index < -0.39 is 0 Å². The predicted molar refractivity (Wildman–Crippen MR) is 73.0 cm³/mol. The second-order valence-corrected chi connectivity index (χ2v) is 5.74. The molecule has 1 aliphatic rings. The van der Waals surface area contributed by atoms with Gasteiger partial charge in [0.05, 0.1) is 5.69 Å². The Labute approximate surface area is 111 Å². The van der Waals surface area contributed by atoms with Gasteiger partial charge in [-0.3, -0.25) is 4.79 Å². The van der Waals surface area contributed by atoms with Crippen molar-refractivity contribution in [3.63, 3.8) is 0 Å². The van der Waals surface area contributed by atoms with E-state index in [1.807, 2.05) is 24.3 Å². The van der Waals surface area contributed by atoms with Crippen LogP contribution in [0.1, 0.15) is 11.3 Å². The van der Waals surface area contributed by atoms with E-state index in [-0.39, 0.29) is 5.56 Å². The summed E-state index contributed by atoms with van der Waals surface area (Å²) in [6.45, 7) is 0. The Kier molecular flexibility index (Phi) is 2.80. The highest BCUT2D eigenvalue weighted by molar-refractivity contribution is 9.10. The number of fused-ring (bicyclic) bond motifs is 1. The zero-order chi connectivity index (χ0) is 11.8. The molecule has 0 bridgehead atoms. The largest absolute Gasteiger partial charge is 0.306 e. The molecule has 2 heterocycles. The van der Waals surface area contributed by atoms with E-state index in [0.29, 0.717) is 5.82 Å². The molecule has 86 valence electrons. The summed E-state index contributed by atoms with van der Waals surface area (Å²) in [6.07, 6.45) is 0. The molecule has 0 fully saturated rings. The zero-order valence-electron chi connectivity index (χ0n) is 8.87. The molecule has 0 atom stereocenters. The summed E-state index contributed by atoms with van der Waals surface area (Å²) in [5.41, 5.74) is 2.67. The number of hydrogen-bond acceptors (Lipinski definition) is 3. The number of nitrogens with zero attached hydrogens (tertiary/aromatic N) is 1. The molecule has 0 unspecified atom stereocenters. The minimum absolute atomic E-state index is 0.00465. The summed E-state index contributed by atoms with van der Waals surface area (Å²) in [5, 5.41) is 0. The molecule has 1 aliphatic heterocycles. The van der Waals surface area contributed by atoms with Crippen LogP contribution in [-0.2, 0) is 11.5 Å². The van der Waals surface area contributed by atoms with Crippen molar-refractivity contribution < 1.29 is 0 Å². The summed E-state index contributed by atoms with van der Waals surface area (Å²) in [5.74, 6) is 2.26. The summed E-state index contributed by atoms with van der Waals surface area (Å²) >= 11 is 5.15. The number of benzene rings is 1. The minimum Gasteiger partial charge on any atom is -0.306 e. The molecule has 2 aromatic rings. The van der Waals surface area contributed by atoms with E-state index in [2.05, 4.69) is 25.9 Å². The molecule has 5 heteroatoms. The Morgan fingerprint density at radius 3 is 3.06 bits per heavy atom. The van der Waals surface area contributed by atoms with Gasteiger partial charge < -0.3 is 4.98 Å². The van der Waals surface area contributed by atoms with E-state index in [1.54, 1.807) is 11.8 Å². The third kappa shape index (κ3) is 2.05. The van der Waals surface area contributed by atoms with Gasteiger partial charge in [0, 0.05) is 27.1 Å². The van der Waals surface area contributed by atoms with Gasteiger partial charge in [0.15, 0.2) is 0 Å². The lowest BCUT2D eigenvalue weighted by Crippen LogP contribution is -2.15. The third-order valence-corrected chi connectivity index (χ3v) is 4.15. The standard InChI is InChI=1S/C12H9BrN2OS/c13-8-3-1-2-7(4-8)11-14-10-6-17-5-9(10)12(16)15-11/h1-4H,5-6H2,(H,14,15,16). The second-order valence-electron chi connectivity index (χ2n) is 3.84. The molecule has 0 saturated heterocycles. The van der Waals surface area contributed by atoms with Crippen molar-refractivity contribution in [1.29, 1.82) is 0 Å². The predicted octanol–water partition coefficient (Wildman–Crippen LogP) is 2.95. The topological polar surface area (TPSA) is 45.8 Å². The van der Waals surface area contributed by atoms with Gasteiger partial charge in [-0.15, -0.1) is 0 Å². The Morgan fingerprint density at radius 1 is 1.35 bits per heavy atom. The van der Waals surface area contributed by atoms with Crippen LogP contribution < -0.4 is 5.56 Å². The van der Waals surface area contributed by atoms with Crippen LogP contribution in [0, 0.1) is 0 Å². The van der Waals surface area contributed by atoms with Crippen molar-refractivity contribution in [3.8, 4) is 11.4 Å². The fourth-order valence-electron chi connectivity index (χ4n) is 1.83. The van der Waals surface area contributed by atoms with Gasteiger partial charge in [-0.25, -0.2) is 4.98 Å². The van der Waals surface area contributed by atoms with E-state index in [0.717, 1.165) is 32.8 Å². The molecule has 0 radical (unpaired) electrons. The molecular weight excluding hydrogens is 300 g/mol. The Hall–Kier alpha value is -1.07. The third-order valence-electron chi connectivity index (χ3n) is 2.68. The highest BCUT2D eigenvalue weighted by atomic mass is 79.9. The molecule has 0 aliphatic carbocycles. The first-order valence-corrected chi connectivity index (χ1v) is 7.14. The van der Waals surface area contributed by atoms with Crippen molar-refractivity contribution in [2.45, 2.75) is 11.5 Å². The maximum atomic E-state index is 11.9.